The zero-order valence-electron chi connectivity index (χ0n) is 14.9. The molecule has 0 fully saturated rings. The minimum absolute atomic E-state index is 0.0567. The highest BCUT2D eigenvalue weighted by atomic mass is 79.9. The Bertz CT molecular complexity index is 1080. The van der Waals surface area contributed by atoms with Gasteiger partial charge in [0.05, 0.1) is 23.4 Å². The molecule has 3 rings (SSSR count). The molecular formula is C19H17BrN2O4S2. The molecule has 3 aromatic rings. The Labute approximate surface area is 175 Å². The standard InChI is InChI=1S/C19H17BrN2O4S2/c1-26-19-15(12-16(20)13-21-19)14-22(27(23)17-8-4-2-5-9-17)28(24,25)18-10-6-3-7-11-18/h2-13H,14H2,1H3. The molecule has 28 heavy (non-hydrogen) atoms. The average Bonchev–Trinajstić information content (AvgIpc) is 2.73. The number of rotatable bonds is 7. The number of halogens is 1. The largest absolute Gasteiger partial charge is 0.481 e. The van der Waals surface area contributed by atoms with E-state index in [1.807, 2.05) is 0 Å². The molecule has 146 valence electrons. The SMILES string of the molecule is COc1ncc(Br)cc1CN(S(=O)c1ccccc1)S(=O)(=O)c1ccccc1. The summed E-state index contributed by atoms with van der Waals surface area (Å²) in [6, 6.07) is 18.1. The van der Waals surface area contributed by atoms with Crippen molar-refractivity contribution in [2.24, 2.45) is 0 Å². The predicted molar refractivity (Wildman–Crippen MR) is 111 cm³/mol. The van der Waals surface area contributed by atoms with E-state index in [0.717, 1.165) is 3.71 Å². The summed E-state index contributed by atoms with van der Waals surface area (Å²) in [5, 5.41) is 0. The second-order valence-electron chi connectivity index (χ2n) is 5.66. The quantitative estimate of drug-likeness (QED) is 0.514. The van der Waals surface area contributed by atoms with Gasteiger partial charge in [0.15, 0.2) is 0 Å². The van der Waals surface area contributed by atoms with Crippen LogP contribution in [0.5, 0.6) is 5.88 Å². The van der Waals surface area contributed by atoms with Crippen molar-refractivity contribution in [1.82, 2.24) is 8.69 Å². The normalized spacial score (nSPS) is 12.7. The molecule has 0 saturated carbocycles. The second-order valence-corrected chi connectivity index (χ2v) is 10.1. The number of aromatic nitrogens is 1. The fourth-order valence-corrected chi connectivity index (χ4v) is 6.04. The third-order valence-corrected chi connectivity index (χ3v) is 7.96. The van der Waals surface area contributed by atoms with Crippen LogP contribution in [0, 0.1) is 0 Å². The summed E-state index contributed by atoms with van der Waals surface area (Å²) < 4.78 is 46.7. The highest BCUT2D eigenvalue weighted by Crippen LogP contribution is 2.28. The van der Waals surface area contributed by atoms with Crippen LogP contribution in [0.15, 0.2) is 87.2 Å². The number of hydrogen-bond acceptors (Lipinski definition) is 5. The van der Waals surface area contributed by atoms with Crippen LogP contribution in [-0.4, -0.2) is 28.4 Å². The number of methoxy groups -OCH3 is 1. The molecule has 6 nitrogen and oxygen atoms in total. The molecule has 0 radical (unpaired) electrons. The number of hydrogen-bond donors (Lipinski definition) is 0. The van der Waals surface area contributed by atoms with Crippen LogP contribution >= 0.6 is 15.9 Å². The van der Waals surface area contributed by atoms with Crippen LogP contribution in [0.25, 0.3) is 0 Å². The molecule has 0 aliphatic carbocycles. The Morgan fingerprint density at radius 1 is 1.07 bits per heavy atom. The number of sulfonamides is 1. The van der Waals surface area contributed by atoms with Gasteiger partial charge in [0.25, 0.3) is 10.0 Å². The van der Waals surface area contributed by atoms with E-state index < -0.39 is 21.0 Å². The second kappa shape index (κ2) is 8.95. The molecule has 2 aromatic carbocycles. The Morgan fingerprint density at radius 2 is 1.68 bits per heavy atom. The Hall–Kier alpha value is -2.07. The topological polar surface area (TPSA) is 76.6 Å². The molecule has 0 aliphatic heterocycles. The number of nitrogens with zero attached hydrogens (tertiary/aromatic N) is 2. The minimum Gasteiger partial charge on any atom is -0.481 e. The first kappa shape index (κ1) is 20.7. The van der Waals surface area contributed by atoms with Gasteiger partial charge < -0.3 is 4.74 Å². The average molecular weight is 481 g/mol. The van der Waals surface area contributed by atoms with Gasteiger partial charge in [0.1, 0.15) is 11.0 Å². The van der Waals surface area contributed by atoms with Crippen LogP contribution in [0.3, 0.4) is 0 Å². The van der Waals surface area contributed by atoms with Crippen molar-refractivity contribution in [3.63, 3.8) is 0 Å². The minimum atomic E-state index is -4.05. The van der Waals surface area contributed by atoms with Crippen LogP contribution in [-0.2, 0) is 27.6 Å². The van der Waals surface area contributed by atoms with Crippen molar-refractivity contribution in [1.29, 1.82) is 0 Å². The maximum Gasteiger partial charge on any atom is 0.254 e. The lowest BCUT2D eigenvalue weighted by Gasteiger charge is -2.22. The molecule has 1 heterocycles. The van der Waals surface area contributed by atoms with Gasteiger partial charge in [-0.2, -0.15) is 0 Å². The zero-order chi connectivity index (χ0) is 20.1. The van der Waals surface area contributed by atoms with Crippen molar-refractivity contribution in [3.05, 3.63) is 83.0 Å². The van der Waals surface area contributed by atoms with Crippen molar-refractivity contribution in [3.8, 4) is 5.88 Å². The molecule has 9 heteroatoms. The van der Waals surface area contributed by atoms with E-state index in [0.29, 0.717) is 14.9 Å². The molecule has 0 spiro atoms. The maximum absolute atomic E-state index is 13.3. The van der Waals surface area contributed by atoms with Gasteiger partial charge in [-0.1, -0.05) is 36.4 Å². The molecule has 0 saturated heterocycles. The first-order chi connectivity index (χ1) is 13.4. The number of benzene rings is 2. The van der Waals surface area contributed by atoms with Crippen molar-refractivity contribution in [2.45, 2.75) is 16.3 Å². The van der Waals surface area contributed by atoms with Gasteiger partial charge in [-0.05, 0) is 46.3 Å². The summed E-state index contributed by atoms with van der Waals surface area (Å²) in [5.41, 5.74) is 0.487. The van der Waals surface area contributed by atoms with Gasteiger partial charge in [-0.3, -0.25) is 0 Å². The van der Waals surface area contributed by atoms with E-state index >= 15 is 0 Å². The fourth-order valence-electron chi connectivity index (χ4n) is 2.50. The molecular weight excluding hydrogens is 464 g/mol. The number of ether oxygens (including phenoxy) is 1. The van der Waals surface area contributed by atoms with Crippen molar-refractivity contribution >= 4 is 36.9 Å². The predicted octanol–water partition coefficient (Wildman–Crippen LogP) is 3.77. The van der Waals surface area contributed by atoms with Crippen LogP contribution in [0.1, 0.15) is 5.56 Å². The van der Waals surface area contributed by atoms with Gasteiger partial charge >= 0.3 is 0 Å². The summed E-state index contributed by atoms with van der Waals surface area (Å²) in [4.78, 5) is 4.58. The summed E-state index contributed by atoms with van der Waals surface area (Å²) in [6.45, 7) is -0.172. The molecule has 0 N–H and O–H groups in total. The van der Waals surface area contributed by atoms with E-state index in [1.165, 1.54) is 19.2 Å². The van der Waals surface area contributed by atoms with Gasteiger partial charge in [0.2, 0.25) is 5.88 Å². The monoisotopic (exact) mass is 480 g/mol. The van der Waals surface area contributed by atoms with Gasteiger partial charge in [0, 0.05) is 16.2 Å². The van der Waals surface area contributed by atoms with Crippen LogP contribution < -0.4 is 4.74 Å². The zero-order valence-corrected chi connectivity index (χ0v) is 18.1. The van der Waals surface area contributed by atoms with Crippen LogP contribution in [0.2, 0.25) is 0 Å². The molecule has 1 atom stereocenters. The summed E-state index contributed by atoms with van der Waals surface area (Å²) >= 11 is 3.33. The lowest BCUT2D eigenvalue weighted by Crippen LogP contribution is -2.32. The molecule has 1 aromatic heterocycles. The maximum atomic E-state index is 13.3. The summed E-state index contributed by atoms with van der Waals surface area (Å²) in [7, 11) is -4.56. The van der Waals surface area contributed by atoms with Gasteiger partial charge in [-0.25, -0.2) is 17.6 Å². The summed E-state index contributed by atoms with van der Waals surface area (Å²) in [5.74, 6) is 0.265. The van der Waals surface area contributed by atoms with E-state index in [1.54, 1.807) is 60.8 Å². The van der Waals surface area contributed by atoms with Crippen molar-refractivity contribution in [2.75, 3.05) is 7.11 Å². The van der Waals surface area contributed by atoms with E-state index in [2.05, 4.69) is 20.9 Å². The van der Waals surface area contributed by atoms with E-state index in [-0.39, 0.29) is 17.3 Å². The summed E-state index contributed by atoms with van der Waals surface area (Å²) in [6.07, 6.45) is 1.55. The number of pyridine rings is 1. The Balaban J connectivity index is 2.10. The Morgan fingerprint density at radius 3 is 2.29 bits per heavy atom. The third kappa shape index (κ3) is 4.49. The first-order valence-corrected chi connectivity index (χ1v) is 11.5. The lowest BCUT2D eigenvalue weighted by atomic mass is 10.3. The highest BCUT2D eigenvalue weighted by Gasteiger charge is 2.31. The van der Waals surface area contributed by atoms with Gasteiger partial charge in [-0.15, -0.1) is 3.71 Å². The molecule has 0 amide bonds. The molecule has 1 unspecified atom stereocenters. The van der Waals surface area contributed by atoms with E-state index in [4.69, 9.17) is 4.74 Å². The highest BCUT2D eigenvalue weighted by molar-refractivity contribution is 9.10. The lowest BCUT2D eigenvalue weighted by molar-refractivity contribution is 0.388. The smallest absolute Gasteiger partial charge is 0.254 e. The molecule has 0 bridgehead atoms. The molecule has 0 aliphatic rings. The first-order valence-electron chi connectivity index (χ1n) is 8.16. The Kier molecular flexibility index (Phi) is 6.61. The van der Waals surface area contributed by atoms with Crippen LogP contribution in [0.4, 0.5) is 0 Å². The fraction of sp³-hybridized carbons (Fsp3) is 0.105. The van der Waals surface area contributed by atoms with Crippen molar-refractivity contribution < 1.29 is 17.4 Å². The third-order valence-electron chi connectivity index (χ3n) is 3.82. The van der Waals surface area contributed by atoms with E-state index in [9.17, 15) is 12.6 Å².